The molecule has 0 aliphatic rings. The lowest BCUT2D eigenvalue weighted by atomic mass is 10.0. The lowest BCUT2D eigenvalue weighted by Gasteiger charge is -2.11. The fourth-order valence-corrected chi connectivity index (χ4v) is 1.67. The Labute approximate surface area is 93.0 Å². The topological polar surface area (TPSA) is 29.5 Å². The summed E-state index contributed by atoms with van der Waals surface area (Å²) in [5, 5.41) is 8.98. The van der Waals surface area contributed by atoms with E-state index in [4.69, 9.17) is 9.84 Å². The lowest BCUT2D eigenvalue weighted by Crippen LogP contribution is -2.00. The molecule has 0 aliphatic heterocycles. The average molecular weight is 258 g/mol. The molecule has 0 saturated heterocycles. The molecule has 1 aromatic carbocycles. The summed E-state index contributed by atoms with van der Waals surface area (Å²) in [6.45, 7) is 6.46. The van der Waals surface area contributed by atoms with Crippen molar-refractivity contribution in [3.8, 4) is 5.75 Å². The highest BCUT2D eigenvalue weighted by Crippen LogP contribution is 2.25. The highest BCUT2D eigenvalue weighted by molar-refractivity contribution is 9.10. The summed E-state index contributed by atoms with van der Waals surface area (Å²) in [4.78, 5) is 0. The van der Waals surface area contributed by atoms with Crippen molar-refractivity contribution < 1.29 is 9.84 Å². The van der Waals surface area contributed by atoms with E-state index in [-0.39, 0.29) is 12.5 Å². The van der Waals surface area contributed by atoms with Crippen molar-refractivity contribution in [1.29, 1.82) is 0 Å². The predicted octanol–water partition coefficient (Wildman–Crippen LogP) is 2.76. The minimum Gasteiger partial charge on any atom is -0.494 e. The summed E-state index contributed by atoms with van der Waals surface area (Å²) in [5.74, 6) is 0.700. The maximum atomic E-state index is 8.98. The molecule has 2 nitrogen and oxygen atoms in total. The first kappa shape index (κ1) is 11.5. The van der Waals surface area contributed by atoms with E-state index in [0.717, 1.165) is 15.8 Å². The standard InChI is InChI=1S/C11H14BrO2/c1-3-14-11-5-9(8(2)7-13)4-10(12)6-11/h4-6,8,13H,2-3,7H2,1H3. The zero-order chi connectivity index (χ0) is 10.6. The number of hydrogen-bond donors (Lipinski definition) is 1. The van der Waals surface area contributed by atoms with Crippen LogP contribution in [0.25, 0.3) is 0 Å². The summed E-state index contributed by atoms with van der Waals surface area (Å²) < 4.78 is 6.33. The molecule has 1 aromatic rings. The molecule has 3 heteroatoms. The fourth-order valence-electron chi connectivity index (χ4n) is 1.18. The molecule has 1 radical (unpaired) electrons. The number of halogens is 1. The number of rotatable bonds is 4. The zero-order valence-electron chi connectivity index (χ0n) is 8.16. The van der Waals surface area contributed by atoms with Gasteiger partial charge in [0.2, 0.25) is 0 Å². The van der Waals surface area contributed by atoms with Crippen molar-refractivity contribution >= 4 is 15.9 Å². The van der Waals surface area contributed by atoms with Gasteiger partial charge in [0.25, 0.3) is 0 Å². The molecule has 0 spiro atoms. The van der Waals surface area contributed by atoms with Crippen LogP contribution in [0.3, 0.4) is 0 Å². The van der Waals surface area contributed by atoms with Crippen LogP contribution in [-0.4, -0.2) is 18.3 Å². The van der Waals surface area contributed by atoms with Gasteiger partial charge in [-0.15, -0.1) is 0 Å². The van der Waals surface area contributed by atoms with Gasteiger partial charge in [0, 0.05) is 17.0 Å². The molecular formula is C11H14BrO2. The number of hydrogen-bond acceptors (Lipinski definition) is 2. The number of benzene rings is 1. The molecule has 1 N–H and O–H groups in total. The van der Waals surface area contributed by atoms with Crippen LogP contribution >= 0.6 is 15.9 Å². The normalized spacial score (nSPS) is 12.6. The first-order chi connectivity index (χ1) is 6.67. The molecule has 77 valence electrons. The predicted molar refractivity (Wildman–Crippen MR) is 60.5 cm³/mol. The minimum atomic E-state index is -0.105. The average Bonchev–Trinajstić information content (AvgIpc) is 2.16. The van der Waals surface area contributed by atoms with Gasteiger partial charge in [0.1, 0.15) is 5.75 Å². The maximum Gasteiger partial charge on any atom is 0.120 e. The SMILES string of the molecule is [CH2]C(CO)c1cc(Br)cc(OCC)c1. The zero-order valence-corrected chi connectivity index (χ0v) is 9.75. The fraction of sp³-hybridized carbons (Fsp3) is 0.364. The Morgan fingerprint density at radius 2 is 2.21 bits per heavy atom. The molecule has 0 amide bonds. The van der Waals surface area contributed by atoms with E-state index in [1.807, 2.05) is 25.1 Å². The van der Waals surface area contributed by atoms with Gasteiger partial charge in [-0.05, 0) is 37.6 Å². The smallest absolute Gasteiger partial charge is 0.120 e. The third-order valence-corrected chi connectivity index (χ3v) is 2.35. The lowest BCUT2D eigenvalue weighted by molar-refractivity contribution is 0.282. The number of aliphatic hydroxyl groups excluding tert-OH is 1. The molecule has 0 aromatic heterocycles. The van der Waals surface area contributed by atoms with Crippen LogP contribution in [0.15, 0.2) is 22.7 Å². The summed E-state index contributed by atoms with van der Waals surface area (Å²) in [5.41, 5.74) is 0.977. The summed E-state index contributed by atoms with van der Waals surface area (Å²) in [6.07, 6.45) is 0. The molecule has 1 rings (SSSR count). The summed E-state index contributed by atoms with van der Waals surface area (Å²) >= 11 is 3.39. The molecule has 14 heavy (non-hydrogen) atoms. The van der Waals surface area contributed by atoms with Crippen LogP contribution in [0, 0.1) is 6.92 Å². The van der Waals surface area contributed by atoms with E-state index in [1.54, 1.807) is 0 Å². The second-order valence-corrected chi connectivity index (χ2v) is 3.95. The van der Waals surface area contributed by atoms with Crippen molar-refractivity contribution in [1.82, 2.24) is 0 Å². The molecule has 0 aliphatic carbocycles. The van der Waals surface area contributed by atoms with E-state index in [2.05, 4.69) is 22.9 Å². The van der Waals surface area contributed by atoms with Crippen molar-refractivity contribution in [2.24, 2.45) is 0 Å². The van der Waals surface area contributed by atoms with Crippen LogP contribution in [0.1, 0.15) is 18.4 Å². The van der Waals surface area contributed by atoms with Gasteiger partial charge in [-0.25, -0.2) is 0 Å². The molecule has 1 atom stereocenters. The van der Waals surface area contributed by atoms with Crippen LogP contribution in [-0.2, 0) is 0 Å². The van der Waals surface area contributed by atoms with E-state index < -0.39 is 0 Å². The van der Waals surface area contributed by atoms with Crippen LogP contribution in [0.2, 0.25) is 0 Å². The van der Waals surface area contributed by atoms with Crippen molar-refractivity contribution in [3.05, 3.63) is 35.2 Å². The Morgan fingerprint density at radius 3 is 2.79 bits per heavy atom. The highest BCUT2D eigenvalue weighted by atomic mass is 79.9. The molecule has 0 fully saturated rings. The summed E-state index contributed by atoms with van der Waals surface area (Å²) in [6, 6.07) is 5.75. The molecule has 0 heterocycles. The first-order valence-corrected chi connectivity index (χ1v) is 5.34. The minimum absolute atomic E-state index is 0.0437. The highest BCUT2D eigenvalue weighted by Gasteiger charge is 2.06. The second kappa shape index (κ2) is 5.37. The quantitative estimate of drug-likeness (QED) is 0.899. The van der Waals surface area contributed by atoms with Gasteiger partial charge in [-0.1, -0.05) is 15.9 Å². The Hall–Kier alpha value is -0.540. The third-order valence-electron chi connectivity index (χ3n) is 1.90. The number of aliphatic hydroxyl groups is 1. The van der Waals surface area contributed by atoms with Gasteiger partial charge >= 0.3 is 0 Å². The molecule has 0 saturated carbocycles. The largest absolute Gasteiger partial charge is 0.494 e. The van der Waals surface area contributed by atoms with Crippen LogP contribution in [0.4, 0.5) is 0 Å². The molecule has 1 unspecified atom stereocenters. The third kappa shape index (κ3) is 3.00. The first-order valence-electron chi connectivity index (χ1n) is 4.54. The van der Waals surface area contributed by atoms with Gasteiger partial charge in [-0.3, -0.25) is 0 Å². The van der Waals surface area contributed by atoms with Gasteiger partial charge in [0.05, 0.1) is 6.61 Å². The van der Waals surface area contributed by atoms with Crippen molar-refractivity contribution in [2.45, 2.75) is 12.8 Å². The Kier molecular flexibility index (Phi) is 4.42. The Balaban J connectivity index is 2.94. The summed E-state index contributed by atoms with van der Waals surface area (Å²) in [7, 11) is 0. The van der Waals surface area contributed by atoms with E-state index in [1.165, 1.54) is 0 Å². The van der Waals surface area contributed by atoms with E-state index >= 15 is 0 Å². The van der Waals surface area contributed by atoms with Crippen molar-refractivity contribution in [3.63, 3.8) is 0 Å². The number of ether oxygens (including phenoxy) is 1. The maximum absolute atomic E-state index is 8.98. The molecular weight excluding hydrogens is 244 g/mol. The van der Waals surface area contributed by atoms with Crippen LogP contribution < -0.4 is 4.74 Å². The van der Waals surface area contributed by atoms with E-state index in [0.29, 0.717) is 6.61 Å². The van der Waals surface area contributed by atoms with Crippen molar-refractivity contribution in [2.75, 3.05) is 13.2 Å². The van der Waals surface area contributed by atoms with Crippen LogP contribution in [0.5, 0.6) is 5.75 Å². The Morgan fingerprint density at radius 1 is 1.50 bits per heavy atom. The van der Waals surface area contributed by atoms with Gasteiger partial charge < -0.3 is 9.84 Å². The van der Waals surface area contributed by atoms with Gasteiger partial charge in [-0.2, -0.15) is 0 Å². The monoisotopic (exact) mass is 257 g/mol. The second-order valence-electron chi connectivity index (χ2n) is 3.03. The van der Waals surface area contributed by atoms with Gasteiger partial charge in [0.15, 0.2) is 0 Å². The van der Waals surface area contributed by atoms with E-state index in [9.17, 15) is 0 Å². The Bertz CT molecular complexity index is 299. The molecule has 0 bridgehead atoms.